The molecular weight excluding hydrogens is 240 g/mol. The van der Waals surface area contributed by atoms with Gasteiger partial charge in [0.2, 0.25) is 0 Å². The van der Waals surface area contributed by atoms with Crippen LogP contribution in [0.15, 0.2) is 24.4 Å². The predicted octanol–water partition coefficient (Wildman–Crippen LogP) is 1.06. The van der Waals surface area contributed by atoms with Crippen LogP contribution in [0.25, 0.3) is 5.65 Å². The zero-order valence-electron chi connectivity index (χ0n) is 11.2. The van der Waals surface area contributed by atoms with E-state index in [0.29, 0.717) is 0 Å². The Morgan fingerprint density at radius 3 is 2.89 bits per heavy atom. The second-order valence-corrected chi connectivity index (χ2v) is 5.09. The standard InChI is InChI=1S/C14H20N4O/c1-11(15)10-12-14(17-6-8-19-9-7-17)16-13-4-2-3-5-18(12)13/h2-5,11H,6-10,15H2,1H3. The molecule has 1 unspecified atom stereocenters. The molecule has 0 spiro atoms. The fourth-order valence-corrected chi connectivity index (χ4v) is 2.56. The van der Waals surface area contributed by atoms with Gasteiger partial charge in [-0.1, -0.05) is 6.07 Å². The lowest BCUT2D eigenvalue weighted by Crippen LogP contribution is -2.37. The summed E-state index contributed by atoms with van der Waals surface area (Å²) in [6.45, 7) is 5.37. The van der Waals surface area contributed by atoms with Crippen LogP contribution in [0, 0.1) is 0 Å². The molecule has 1 aliphatic rings. The molecule has 5 heteroatoms. The third kappa shape index (κ3) is 2.43. The number of ether oxygens (including phenoxy) is 1. The van der Waals surface area contributed by atoms with Gasteiger partial charge < -0.3 is 19.8 Å². The Morgan fingerprint density at radius 2 is 2.16 bits per heavy atom. The summed E-state index contributed by atoms with van der Waals surface area (Å²) in [5, 5.41) is 0. The van der Waals surface area contributed by atoms with Crippen LogP contribution in [-0.2, 0) is 11.2 Å². The molecular formula is C14H20N4O. The average Bonchev–Trinajstić information content (AvgIpc) is 2.78. The Balaban J connectivity index is 2.05. The largest absolute Gasteiger partial charge is 0.378 e. The number of fused-ring (bicyclic) bond motifs is 1. The second kappa shape index (κ2) is 5.19. The van der Waals surface area contributed by atoms with Crippen molar-refractivity contribution >= 4 is 11.5 Å². The number of nitrogens with zero attached hydrogens (tertiary/aromatic N) is 3. The van der Waals surface area contributed by atoms with Gasteiger partial charge in [0.25, 0.3) is 0 Å². The lowest BCUT2D eigenvalue weighted by molar-refractivity contribution is 0.122. The van der Waals surface area contributed by atoms with Crippen molar-refractivity contribution in [3.05, 3.63) is 30.1 Å². The first-order valence-electron chi connectivity index (χ1n) is 6.80. The quantitative estimate of drug-likeness (QED) is 0.896. The molecule has 5 nitrogen and oxygen atoms in total. The van der Waals surface area contributed by atoms with Gasteiger partial charge >= 0.3 is 0 Å². The number of aromatic nitrogens is 2. The van der Waals surface area contributed by atoms with Gasteiger partial charge in [-0.3, -0.25) is 0 Å². The van der Waals surface area contributed by atoms with Gasteiger partial charge in [-0.2, -0.15) is 0 Å². The highest BCUT2D eigenvalue weighted by Crippen LogP contribution is 2.23. The molecule has 2 N–H and O–H groups in total. The Morgan fingerprint density at radius 1 is 1.37 bits per heavy atom. The molecule has 2 aromatic heterocycles. The fourth-order valence-electron chi connectivity index (χ4n) is 2.56. The molecule has 1 fully saturated rings. The van der Waals surface area contributed by atoms with E-state index in [4.69, 9.17) is 15.5 Å². The number of nitrogens with two attached hydrogens (primary N) is 1. The molecule has 1 saturated heterocycles. The summed E-state index contributed by atoms with van der Waals surface area (Å²) < 4.78 is 7.56. The summed E-state index contributed by atoms with van der Waals surface area (Å²) in [5.74, 6) is 1.06. The molecule has 0 aromatic carbocycles. The van der Waals surface area contributed by atoms with Gasteiger partial charge in [0, 0.05) is 31.7 Å². The minimum absolute atomic E-state index is 0.125. The summed E-state index contributed by atoms with van der Waals surface area (Å²) in [7, 11) is 0. The van der Waals surface area contributed by atoms with E-state index in [1.807, 2.05) is 25.1 Å². The van der Waals surface area contributed by atoms with Gasteiger partial charge in [-0.05, 0) is 19.1 Å². The molecule has 3 rings (SSSR count). The van der Waals surface area contributed by atoms with Crippen LogP contribution in [0.5, 0.6) is 0 Å². The summed E-state index contributed by atoms with van der Waals surface area (Å²) in [5.41, 5.74) is 8.18. The molecule has 0 amide bonds. The van der Waals surface area contributed by atoms with E-state index >= 15 is 0 Å². The fraction of sp³-hybridized carbons (Fsp3) is 0.500. The third-order valence-corrected chi connectivity index (χ3v) is 3.43. The monoisotopic (exact) mass is 260 g/mol. The maximum absolute atomic E-state index is 5.99. The van der Waals surface area contributed by atoms with Crippen molar-refractivity contribution in [2.45, 2.75) is 19.4 Å². The number of morpholine rings is 1. The molecule has 2 aromatic rings. The summed E-state index contributed by atoms with van der Waals surface area (Å²) in [6, 6.07) is 6.21. The smallest absolute Gasteiger partial charge is 0.151 e. The van der Waals surface area contributed by atoms with Crippen molar-refractivity contribution in [3.63, 3.8) is 0 Å². The zero-order chi connectivity index (χ0) is 13.2. The lowest BCUT2D eigenvalue weighted by atomic mass is 10.2. The number of anilines is 1. The predicted molar refractivity (Wildman–Crippen MR) is 75.6 cm³/mol. The third-order valence-electron chi connectivity index (χ3n) is 3.43. The first-order chi connectivity index (χ1) is 9.25. The van der Waals surface area contributed by atoms with Crippen LogP contribution >= 0.6 is 0 Å². The maximum Gasteiger partial charge on any atom is 0.151 e. The zero-order valence-corrected chi connectivity index (χ0v) is 11.2. The first-order valence-corrected chi connectivity index (χ1v) is 6.80. The van der Waals surface area contributed by atoms with Gasteiger partial charge in [-0.15, -0.1) is 0 Å². The molecule has 0 bridgehead atoms. The Kier molecular flexibility index (Phi) is 3.40. The van der Waals surface area contributed by atoms with E-state index in [2.05, 4.69) is 15.5 Å². The molecule has 19 heavy (non-hydrogen) atoms. The van der Waals surface area contributed by atoms with Crippen LogP contribution in [0.4, 0.5) is 5.82 Å². The minimum atomic E-state index is 0.125. The Hall–Kier alpha value is -1.59. The van der Waals surface area contributed by atoms with Crippen molar-refractivity contribution in [2.75, 3.05) is 31.2 Å². The topological polar surface area (TPSA) is 55.8 Å². The van der Waals surface area contributed by atoms with E-state index in [1.165, 1.54) is 5.69 Å². The van der Waals surface area contributed by atoms with Crippen molar-refractivity contribution in [2.24, 2.45) is 5.73 Å². The highest BCUT2D eigenvalue weighted by atomic mass is 16.5. The van der Waals surface area contributed by atoms with Crippen LogP contribution in [0.3, 0.4) is 0 Å². The number of hydrogen-bond acceptors (Lipinski definition) is 4. The van der Waals surface area contributed by atoms with E-state index in [1.54, 1.807) is 0 Å². The van der Waals surface area contributed by atoms with E-state index in [9.17, 15) is 0 Å². The lowest BCUT2D eigenvalue weighted by Gasteiger charge is -2.28. The molecule has 0 saturated carbocycles. The number of pyridine rings is 1. The molecule has 0 aliphatic carbocycles. The normalized spacial score (nSPS) is 17.9. The van der Waals surface area contributed by atoms with Crippen LogP contribution in [0.2, 0.25) is 0 Å². The van der Waals surface area contributed by atoms with Crippen LogP contribution in [0.1, 0.15) is 12.6 Å². The first kappa shape index (κ1) is 12.4. The van der Waals surface area contributed by atoms with E-state index in [0.717, 1.165) is 44.2 Å². The summed E-state index contributed by atoms with van der Waals surface area (Å²) in [4.78, 5) is 7.07. The SMILES string of the molecule is CC(N)Cc1c(N2CCOCC2)nc2ccccn12. The number of rotatable bonds is 3. The molecule has 0 radical (unpaired) electrons. The van der Waals surface area contributed by atoms with Gasteiger partial charge in [0.15, 0.2) is 5.82 Å². The highest BCUT2D eigenvalue weighted by molar-refractivity contribution is 5.56. The van der Waals surface area contributed by atoms with Crippen molar-refractivity contribution in [1.29, 1.82) is 0 Å². The molecule has 102 valence electrons. The number of imidazole rings is 1. The van der Waals surface area contributed by atoms with E-state index < -0.39 is 0 Å². The van der Waals surface area contributed by atoms with E-state index in [-0.39, 0.29) is 6.04 Å². The van der Waals surface area contributed by atoms with Gasteiger partial charge in [0.05, 0.1) is 18.9 Å². The summed E-state index contributed by atoms with van der Waals surface area (Å²) >= 11 is 0. The van der Waals surface area contributed by atoms with Gasteiger partial charge in [0.1, 0.15) is 5.65 Å². The Labute approximate surface area is 113 Å². The van der Waals surface area contributed by atoms with Crippen molar-refractivity contribution in [1.82, 2.24) is 9.38 Å². The van der Waals surface area contributed by atoms with Crippen molar-refractivity contribution < 1.29 is 4.74 Å². The van der Waals surface area contributed by atoms with Gasteiger partial charge in [-0.25, -0.2) is 4.98 Å². The summed E-state index contributed by atoms with van der Waals surface area (Å²) in [6.07, 6.45) is 2.89. The molecule has 3 heterocycles. The van der Waals surface area contributed by atoms with Crippen molar-refractivity contribution in [3.8, 4) is 0 Å². The maximum atomic E-state index is 5.99. The average molecular weight is 260 g/mol. The molecule has 1 atom stereocenters. The second-order valence-electron chi connectivity index (χ2n) is 5.09. The van der Waals surface area contributed by atoms with Crippen LogP contribution in [-0.4, -0.2) is 41.7 Å². The van der Waals surface area contributed by atoms with Crippen LogP contribution < -0.4 is 10.6 Å². The highest BCUT2D eigenvalue weighted by Gasteiger charge is 2.20. The number of hydrogen-bond donors (Lipinski definition) is 1. The molecule has 1 aliphatic heterocycles. The minimum Gasteiger partial charge on any atom is -0.378 e. The Bertz CT molecular complexity index is 558.